The Kier molecular flexibility index (Phi) is 27.9. The van der Waals surface area contributed by atoms with Gasteiger partial charge in [0.1, 0.15) is 6.10 Å². The summed E-state index contributed by atoms with van der Waals surface area (Å²) < 4.78 is 11.6. The summed E-state index contributed by atoms with van der Waals surface area (Å²) in [5.41, 5.74) is 2.28. The lowest BCUT2D eigenvalue weighted by atomic mass is 9.47. The molecule has 3 fully saturated rings. The van der Waals surface area contributed by atoms with Gasteiger partial charge in [-0.1, -0.05) is 239 Å². The molecule has 0 bridgehead atoms. The van der Waals surface area contributed by atoms with Gasteiger partial charge in [0.05, 0.1) is 6.61 Å². The Bertz CT molecular complexity index is 1360. The molecule has 0 amide bonds. The third-order valence-electron chi connectivity index (χ3n) is 18.6. The van der Waals surface area contributed by atoms with Crippen LogP contribution in [0, 0.1) is 52.3 Å². The minimum atomic E-state index is -0.0446. The lowest BCUT2D eigenvalue weighted by Gasteiger charge is -2.58. The van der Waals surface area contributed by atoms with Crippen LogP contribution in [0.4, 0.5) is 0 Å². The molecular weight excluding hydrogens is 809 g/mol. The van der Waals surface area contributed by atoms with Crippen molar-refractivity contribution in [2.24, 2.45) is 52.3 Å². The lowest BCUT2D eigenvalue weighted by Crippen LogP contribution is -2.51. The number of hydrogen-bond acceptors (Lipinski definition) is 4. The SMILES string of the molecule is CCCCCCCCCCCCCCCCCCCCCCCCCCCCCC(=O)OCCC(C=CC(C)C1CCC2C3CC=C4CC(OC(=O)CC)CCC4(C)C3CCC12C)C(C)C. The van der Waals surface area contributed by atoms with Crippen molar-refractivity contribution in [2.45, 2.75) is 299 Å². The van der Waals surface area contributed by atoms with Gasteiger partial charge < -0.3 is 9.47 Å². The van der Waals surface area contributed by atoms with E-state index in [0.29, 0.717) is 42.6 Å². The van der Waals surface area contributed by atoms with E-state index in [1.165, 1.54) is 199 Å². The third kappa shape index (κ3) is 19.3. The fourth-order valence-corrected chi connectivity index (χ4v) is 14.1. The highest BCUT2D eigenvalue weighted by molar-refractivity contribution is 5.69. The molecule has 4 aliphatic carbocycles. The molecule has 66 heavy (non-hydrogen) atoms. The minimum Gasteiger partial charge on any atom is -0.466 e. The summed E-state index contributed by atoms with van der Waals surface area (Å²) >= 11 is 0. The molecule has 9 atom stereocenters. The zero-order valence-electron chi connectivity index (χ0n) is 45.1. The van der Waals surface area contributed by atoms with Crippen molar-refractivity contribution in [1.82, 2.24) is 0 Å². The molecule has 0 spiro atoms. The topological polar surface area (TPSA) is 52.6 Å². The van der Waals surface area contributed by atoms with Gasteiger partial charge >= 0.3 is 11.9 Å². The van der Waals surface area contributed by atoms with E-state index in [4.69, 9.17) is 9.47 Å². The molecule has 0 aromatic rings. The predicted molar refractivity (Wildman–Crippen MR) is 283 cm³/mol. The Labute approximate surface area is 410 Å². The second kappa shape index (κ2) is 32.3. The second-order valence-corrected chi connectivity index (χ2v) is 23.8. The Hall–Kier alpha value is -1.58. The Morgan fingerprint density at radius 3 is 1.64 bits per heavy atom. The number of carbonyl (C=O) groups excluding carboxylic acids is 2. The van der Waals surface area contributed by atoms with Gasteiger partial charge in [0.15, 0.2) is 0 Å². The molecule has 4 aliphatic rings. The zero-order valence-corrected chi connectivity index (χ0v) is 45.1. The maximum atomic E-state index is 12.6. The highest BCUT2D eigenvalue weighted by Crippen LogP contribution is 2.67. The first-order valence-corrected chi connectivity index (χ1v) is 29.8. The summed E-state index contributed by atoms with van der Waals surface area (Å²) in [6.07, 6.45) is 57.3. The van der Waals surface area contributed by atoms with Gasteiger partial charge in [-0.3, -0.25) is 9.59 Å². The molecule has 0 aromatic carbocycles. The van der Waals surface area contributed by atoms with Crippen molar-refractivity contribution in [3.05, 3.63) is 23.8 Å². The summed E-state index contributed by atoms with van der Waals surface area (Å²) in [7, 11) is 0. The third-order valence-corrected chi connectivity index (χ3v) is 18.6. The first-order valence-electron chi connectivity index (χ1n) is 29.8. The first-order chi connectivity index (χ1) is 32.0. The summed E-state index contributed by atoms with van der Waals surface area (Å²) in [6.45, 7) is 17.1. The number of carbonyl (C=O) groups is 2. The van der Waals surface area contributed by atoms with Crippen LogP contribution in [0.3, 0.4) is 0 Å². The van der Waals surface area contributed by atoms with Crippen molar-refractivity contribution in [2.75, 3.05) is 6.61 Å². The molecule has 4 rings (SSSR count). The number of esters is 2. The van der Waals surface area contributed by atoms with E-state index in [1.54, 1.807) is 5.57 Å². The Morgan fingerprint density at radius 1 is 0.621 bits per heavy atom. The molecule has 0 aliphatic heterocycles. The van der Waals surface area contributed by atoms with Crippen molar-refractivity contribution < 1.29 is 19.1 Å². The predicted octanol–water partition coefficient (Wildman–Crippen LogP) is 19.2. The summed E-state index contributed by atoms with van der Waals surface area (Å²) in [5, 5.41) is 0. The number of allylic oxidation sites excluding steroid dienone is 3. The van der Waals surface area contributed by atoms with Crippen molar-refractivity contribution in [3.63, 3.8) is 0 Å². The average molecular weight is 920 g/mol. The van der Waals surface area contributed by atoms with Crippen molar-refractivity contribution in [1.29, 1.82) is 0 Å². The normalized spacial score (nSPS) is 27.0. The van der Waals surface area contributed by atoms with Crippen molar-refractivity contribution in [3.8, 4) is 0 Å². The van der Waals surface area contributed by atoms with E-state index in [9.17, 15) is 9.59 Å². The van der Waals surface area contributed by atoms with Crippen LogP contribution in [-0.4, -0.2) is 24.6 Å². The molecular formula is C62H110O4. The number of unbranched alkanes of at least 4 members (excludes halogenated alkanes) is 26. The van der Waals surface area contributed by atoms with Crippen LogP contribution in [-0.2, 0) is 19.1 Å². The number of hydrogen-bond donors (Lipinski definition) is 0. The maximum absolute atomic E-state index is 12.6. The largest absolute Gasteiger partial charge is 0.466 e. The molecule has 0 N–H and O–H groups in total. The highest BCUT2D eigenvalue weighted by atomic mass is 16.5. The second-order valence-electron chi connectivity index (χ2n) is 23.8. The van der Waals surface area contributed by atoms with Gasteiger partial charge in [-0.2, -0.15) is 0 Å². The number of rotatable bonds is 37. The van der Waals surface area contributed by atoms with Crippen LogP contribution in [0.15, 0.2) is 23.8 Å². The van der Waals surface area contributed by atoms with Gasteiger partial charge in [0.2, 0.25) is 0 Å². The zero-order chi connectivity index (χ0) is 47.5. The summed E-state index contributed by atoms with van der Waals surface area (Å²) in [5.74, 6) is 4.61. The molecule has 382 valence electrons. The van der Waals surface area contributed by atoms with Crippen molar-refractivity contribution >= 4 is 11.9 Å². The van der Waals surface area contributed by atoms with E-state index in [1.807, 2.05) is 6.92 Å². The monoisotopic (exact) mass is 919 g/mol. The van der Waals surface area contributed by atoms with Gasteiger partial charge in [-0.25, -0.2) is 0 Å². The van der Waals surface area contributed by atoms with Crippen LogP contribution >= 0.6 is 0 Å². The molecule has 0 radical (unpaired) electrons. The molecule has 0 heterocycles. The molecule has 0 aromatic heterocycles. The molecule has 4 heteroatoms. The van der Waals surface area contributed by atoms with Crippen LogP contribution < -0.4 is 0 Å². The standard InChI is InChI=1S/C62H110O4/c1-8-10-11-12-13-14-15-16-17-18-19-20-21-22-23-24-25-26-27-28-29-30-31-32-33-34-35-36-60(64)65-48-45-52(50(3)4)38-37-51(5)56-41-42-57-55-40-39-53-49-54(66-59(63)9-2)43-46-61(53,6)58(55)44-47-62(56,57)7/h37-39,50-52,54-58H,8-36,40-49H2,1-7H3. The van der Waals surface area contributed by atoms with E-state index >= 15 is 0 Å². The fraction of sp³-hybridized carbons (Fsp3) is 0.903. The van der Waals surface area contributed by atoms with Crippen LogP contribution in [0.2, 0.25) is 0 Å². The van der Waals surface area contributed by atoms with Crippen LogP contribution in [0.1, 0.15) is 292 Å². The van der Waals surface area contributed by atoms with Gasteiger partial charge in [0, 0.05) is 19.3 Å². The number of fused-ring (bicyclic) bond motifs is 5. The molecule has 3 saturated carbocycles. The molecule has 4 nitrogen and oxygen atoms in total. The van der Waals surface area contributed by atoms with E-state index in [-0.39, 0.29) is 23.5 Å². The van der Waals surface area contributed by atoms with E-state index in [0.717, 1.165) is 55.8 Å². The average Bonchev–Trinajstić information content (AvgIpc) is 3.67. The maximum Gasteiger partial charge on any atom is 0.305 e. The van der Waals surface area contributed by atoms with Gasteiger partial charge in [-0.05, 0) is 110 Å². The quantitative estimate of drug-likeness (QED) is 0.0354. The van der Waals surface area contributed by atoms with Crippen LogP contribution in [0.25, 0.3) is 0 Å². The van der Waals surface area contributed by atoms with Gasteiger partial charge in [-0.15, -0.1) is 0 Å². The summed E-state index contributed by atoms with van der Waals surface area (Å²) in [4.78, 5) is 24.7. The molecule has 9 unspecified atom stereocenters. The number of ether oxygens (including phenoxy) is 2. The van der Waals surface area contributed by atoms with E-state index in [2.05, 4.69) is 59.8 Å². The summed E-state index contributed by atoms with van der Waals surface area (Å²) in [6, 6.07) is 0. The molecule has 0 saturated heterocycles. The van der Waals surface area contributed by atoms with E-state index < -0.39 is 0 Å². The lowest BCUT2D eigenvalue weighted by molar-refractivity contribution is -0.151. The first kappa shape index (κ1) is 57.0. The van der Waals surface area contributed by atoms with Crippen LogP contribution in [0.5, 0.6) is 0 Å². The highest BCUT2D eigenvalue weighted by Gasteiger charge is 2.59. The minimum absolute atomic E-state index is 0.00137. The smallest absolute Gasteiger partial charge is 0.305 e. The van der Waals surface area contributed by atoms with Gasteiger partial charge in [0.25, 0.3) is 0 Å². The fourth-order valence-electron chi connectivity index (χ4n) is 14.1. The Balaban J connectivity index is 0.960. The Morgan fingerprint density at radius 2 is 1.14 bits per heavy atom.